The van der Waals surface area contributed by atoms with Crippen LogP contribution in [0.5, 0.6) is 0 Å². The summed E-state index contributed by atoms with van der Waals surface area (Å²) in [6.45, 7) is 10.2. The summed E-state index contributed by atoms with van der Waals surface area (Å²) >= 11 is 0. The van der Waals surface area contributed by atoms with Crippen LogP contribution in [0.1, 0.15) is 50.8 Å². The molecule has 2 atom stereocenters. The Labute approximate surface area is 111 Å². The summed E-state index contributed by atoms with van der Waals surface area (Å²) in [5, 5.41) is 0. The van der Waals surface area contributed by atoms with E-state index in [0.717, 1.165) is 13.0 Å². The molecule has 1 aromatic rings. The van der Waals surface area contributed by atoms with Gasteiger partial charge in [0.25, 0.3) is 0 Å². The Morgan fingerprint density at radius 3 is 2.50 bits per heavy atom. The smallest absolute Gasteiger partial charge is 0.0506 e. The third-order valence-corrected chi connectivity index (χ3v) is 4.05. The monoisotopic (exact) mass is 246 g/mol. The van der Waals surface area contributed by atoms with E-state index in [1.54, 1.807) is 0 Å². The standard InChI is InChI=1S/C16H26N2/c1-12-8-5-6-9-13(12)15-14(17)10-7-11-18(15)16(2,3)4/h5-6,8-9,14-15H,7,10-11,17H2,1-4H3. The van der Waals surface area contributed by atoms with Gasteiger partial charge in [0.15, 0.2) is 0 Å². The molecule has 1 saturated heterocycles. The second-order valence-electron chi connectivity index (χ2n) is 6.47. The summed E-state index contributed by atoms with van der Waals surface area (Å²) in [7, 11) is 0. The maximum atomic E-state index is 6.43. The molecule has 2 rings (SSSR count). The van der Waals surface area contributed by atoms with Crippen LogP contribution in [0.2, 0.25) is 0 Å². The zero-order chi connectivity index (χ0) is 13.3. The van der Waals surface area contributed by atoms with E-state index in [1.807, 2.05) is 0 Å². The summed E-state index contributed by atoms with van der Waals surface area (Å²) < 4.78 is 0. The van der Waals surface area contributed by atoms with Gasteiger partial charge in [0.05, 0.1) is 6.04 Å². The highest BCUT2D eigenvalue weighted by molar-refractivity contribution is 5.30. The van der Waals surface area contributed by atoms with Crippen molar-refractivity contribution in [2.75, 3.05) is 6.54 Å². The molecule has 2 heteroatoms. The van der Waals surface area contributed by atoms with E-state index in [1.165, 1.54) is 17.5 Å². The van der Waals surface area contributed by atoms with Crippen LogP contribution < -0.4 is 5.73 Å². The second kappa shape index (κ2) is 5.02. The van der Waals surface area contributed by atoms with Gasteiger partial charge in [0.1, 0.15) is 0 Å². The van der Waals surface area contributed by atoms with Gasteiger partial charge in [-0.2, -0.15) is 0 Å². The second-order valence-corrected chi connectivity index (χ2v) is 6.47. The van der Waals surface area contributed by atoms with Gasteiger partial charge < -0.3 is 5.73 Å². The number of nitrogens with two attached hydrogens (primary N) is 1. The van der Waals surface area contributed by atoms with Crippen LogP contribution in [0.4, 0.5) is 0 Å². The molecular formula is C16H26N2. The molecule has 100 valence electrons. The first-order valence-corrected chi connectivity index (χ1v) is 6.99. The molecule has 0 saturated carbocycles. The summed E-state index contributed by atoms with van der Waals surface area (Å²) in [5.41, 5.74) is 9.36. The molecule has 1 heterocycles. The average Bonchev–Trinajstić information content (AvgIpc) is 2.29. The first kappa shape index (κ1) is 13.6. The highest BCUT2D eigenvalue weighted by Crippen LogP contribution is 2.36. The van der Waals surface area contributed by atoms with Crippen molar-refractivity contribution in [3.8, 4) is 0 Å². The van der Waals surface area contributed by atoms with Gasteiger partial charge in [-0.25, -0.2) is 0 Å². The molecule has 18 heavy (non-hydrogen) atoms. The lowest BCUT2D eigenvalue weighted by molar-refractivity contribution is 0.0381. The van der Waals surface area contributed by atoms with E-state index in [9.17, 15) is 0 Å². The van der Waals surface area contributed by atoms with E-state index in [-0.39, 0.29) is 11.6 Å². The highest BCUT2D eigenvalue weighted by Gasteiger charge is 2.36. The predicted octanol–water partition coefficient (Wildman–Crippen LogP) is 3.26. The number of rotatable bonds is 1. The first-order chi connectivity index (χ1) is 8.41. The van der Waals surface area contributed by atoms with Crippen LogP contribution in [0.25, 0.3) is 0 Å². The molecule has 1 aromatic carbocycles. The van der Waals surface area contributed by atoms with Crippen LogP contribution >= 0.6 is 0 Å². The number of hydrogen-bond donors (Lipinski definition) is 1. The van der Waals surface area contributed by atoms with Gasteiger partial charge in [-0.1, -0.05) is 24.3 Å². The predicted molar refractivity (Wildman–Crippen MR) is 77.6 cm³/mol. The number of hydrogen-bond acceptors (Lipinski definition) is 2. The molecule has 0 aromatic heterocycles. The number of likely N-dealkylation sites (tertiary alicyclic amines) is 1. The Morgan fingerprint density at radius 1 is 1.22 bits per heavy atom. The number of nitrogens with zero attached hydrogens (tertiary/aromatic N) is 1. The van der Waals surface area contributed by atoms with Crippen molar-refractivity contribution in [2.45, 2.75) is 58.2 Å². The summed E-state index contributed by atoms with van der Waals surface area (Å²) in [4.78, 5) is 2.57. The van der Waals surface area contributed by atoms with Gasteiger partial charge >= 0.3 is 0 Å². The third-order valence-electron chi connectivity index (χ3n) is 4.05. The quantitative estimate of drug-likeness (QED) is 0.824. The lowest BCUT2D eigenvalue weighted by Gasteiger charge is -2.48. The van der Waals surface area contributed by atoms with Gasteiger partial charge in [-0.3, -0.25) is 4.90 Å². The minimum absolute atomic E-state index is 0.172. The van der Waals surface area contributed by atoms with Crippen molar-refractivity contribution >= 4 is 0 Å². The molecule has 2 unspecified atom stereocenters. The SMILES string of the molecule is Cc1ccccc1C1C(N)CCCN1C(C)(C)C. The minimum atomic E-state index is 0.172. The van der Waals surface area contributed by atoms with Crippen LogP contribution in [-0.4, -0.2) is 23.0 Å². The Balaban J connectivity index is 2.40. The van der Waals surface area contributed by atoms with Gasteiger partial charge in [-0.05, 0) is 58.2 Å². The molecular weight excluding hydrogens is 220 g/mol. The van der Waals surface area contributed by atoms with Gasteiger partial charge in [0, 0.05) is 11.6 Å². The zero-order valence-electron chi connectivity index (χ0n) is 12.1. The highest BCUT2D eigenvalue weighted by atomic mass is 15.2. The molecule has 1 aliphatic heterocycles. The summed E-state index contributed by atoms with van der Waals surface area (Å²) in [5.74, 6) is 0. The van der Waals surface area contributed by atoms with E-state index in [0.29, 0.717) is 6.04 Å². The number of aryl methyl sites for hydroxylation is 1. The lowest BCUT2D eigenvalue weighted by atomic mass is 9.85. The molecule has 0 radical (unpaired) electrons. The summed E-state index contributed by atoms with van der Waals surface area (Å²) in [6.07, 6.45) is 2.34. The van der Waals surface area contributed by atoms with Crippen LogP contribution in [0.3, 0.4) is 0 Å². The topological polar surface area (TPSA) is 29.3 Å². The van der Waals surface area contributed by atoms with E-state index in [4.69, 9.17) is 5.73 Å². The van der Waals surface area contributed by atoms with Crippen molar-refractivity contribution in [3.63, 3.8) is 0 Å². The average molecular weight is 246 g/mol. The van der Waals surface area contributed by atoms with E-state index >= 15 is 0 Å². The van der Waals surface area contributed by atoms with E-state index in [2.05, 4.69) is 56.9 Å². The molecule has 1 fully saturated rings. The third kappa shape index (κ3) is 2.60. The van der Waals surface area contributed by atoms with Crippen molar-refractivity contribution in [1.29, 1.82) is 0 Å². The molecule has 2 nitrogen and oxygen atoms in total. The van der Waals surface area contributed by atoms with Crippen LogP contribution in [0.15, 0.2) is 24.3 Å². The minimum Gasteiger partial charge on any atom is -0.326 e. The Kier molecular flexibility index (Phi) is 3.79. The molecule has 0 spiro atoms. The number of piperidine rings is 1. The number of benzene rings is 1. The maximum Gasteiger partial charge on any atom is 0.0506 e. The van der Waals surface area contributed by atoms with Crippen LogP contribution in [0, 0.1) is 6.92 Å². The Morgan fingerprint density at radius 2 is 1.89 bits per heavy atom. The lowest BCUT2D eigenvalue weighted by Crippen LogP contribution is -2.53. The van der Waals surface area contributed by atoms with Crippen LogP contribution in [-0.2, 0) is 0 Å². The molecule has 2 N–H and O–H groups in total. The Bertz CT molecular complexity index is 406. The first-order valence-electron chi connectivity index (χ1n) is 6.99. The normalized spacial score (nSPS) is 26.3. The Hall–Kier alpha value is -0.860. The molecule has 0 aliphatic carbocycles. The fraction of sp³-hybridized carbons (Fsp3) is 0.625. The van der Waals surface area contributed by atoms with Crippen molar-refractivity contribution in [1.82, 2.24) is 4.90 Å². The van der Waals surface area contributed by atoms with Crippen molar-refractivity contribution in [3.05, 3.63) is 35.4 Å². The molecule has 0 amide bonds. The molecule has 0 bridgehead atoms. The maximum absolute atomic E-state index is 6.43. The molecule has 1 aliphatic rings. The largest absolute Gasteiger partial charge is 0.326 e. The zero-order valence-corrected chi connectivity index (χ0v) is 12.1. The fourth-order valence-corrected chi connectivity index (χ4v) is 3.10. The van der Waals surface area contributed by atoms with Gasteiger partial charge in [-0.15, -0.1) is 0 Å². The fourth-order valence-electron chi connectivity index (χ4n) is 3.10. The van der Waals surface area contributed by atoms with Gasteiger partial charge in [0.2, 0.25) is 0 Å². The summed E-state index contributed by atoms with van der Waals surface area (Å²) in [6, 6.07) is 9.28. The van der Waals surface area contributed by atoms with Crippen molar-refractivity contribution in [2.24, 2.45) is 5.73 Å². The van der Waals surface area contributed by atoms with E-state index < -0.39 is 0 Å². The van der Waals surface area contributed by atoms with Crippen molar-refractivity contribution < 1.29 is 0 Å².